The summed E-state index contributed by atoms with van der Waals surface area (Å²) in [5, 5.41) is 0. The maximum atomic E-state index is 11.6. The standard InChI is InChI=1S/C11H13N3O2/c1-3-16-11(15)9-5-13-10-4-7(2)8(12)6-14(9)10/h4-6H,3,12H2,1-2H3. The molecule has 0 aliphatic heterocycles. The van der Waals surface area contributed by atoms with Crippen molar-refractivity contribution < 1.29 is 9.53 Å². The topological polar surface area (TPSA) is 69.6 Å². The van der Waals surface area contributed by atoms with Crippen molar-refractivity contribution in [3.8, 4) is 0 Å². The Labute approximate surface area is 92.8 Å². The second-order valence-corrected chi connectivity index (χ2v) is 3.50. The molecule has 2 N–H and O–H groups in total. The van der Waals surface area contributed by atoms with Gasteiger partial charge in [-0.15, -0.1) is 0 Å². The lowest BCUT2D eigenvalue weighted by atomic mass is 10.2. The molecule has 0 atom stereocenters. The van der Waals surface area contributed by atoms with E-state index in [1.165, 1.54) is 6.20 Å². The number of ether oxygens (including phenoxy) is 1. The van der Waals surface area contributed by atoms with Crippen molar-refractivity contribution in [3.05, 3.63) is 29.7 Å². The number of rotatable bonds is 2. The summed E-state index contributed by atoms with van der Waals surface area (Å²) in [6.45, 7) is 4.00. The second-order valence-electron chi connectivity index (χ2n) is 3.50. The molecule has 5 heteroatoms. The number of anilines is 1. The first-order valence-corrected chi connectivity index (χ1v) is 5.03. The van der Waals surface area contributed by atoms with Crippen LogP contribution in [0.1, 0.15) is 23.0 Å². The molecule has 84 valence electrons. The highest BCUT2D eigenvalue weighted by Crippen LogP contribution is 2.15. The molecule has 0 spiro atoms. The molecule has 0 radical (unpaired) electrons. The fourth-order valence-electron chi connectivity index (χ4n) is 1.49. The number of fused-ring (bicyclic) bond motifs is 1. The first-order valence-electron chi connectivity index (χ1n) is 5.03. The quantitative estimate of drug-likeness (QED) is 0.775. The summed E-state index contributed by atoms with van der Waals surface area (Å²) in [6.07, 6.45) is 3.18. The molecule has 0 aliphatic carbocycles. The Morgan fingerprint density at radius 2 is 2.38 bits per heavy atom. The lowest BCUT2D eigenvalue weighted by molar-refractivity contribution is 0.0518. The Bertz CT molecular complexity index is 545. The van der Waals surface area contributed by atoms with Crippen LogP contribution in [0.2, 0.25) is 0 Å². The van der Waals surface area contributed by atoms with E-state index < -0.39 is 5.97 Å². The summed E-state index contributed by atoms with van der Waals surface area (Å²) in [5.74, 6) is -0.391. The molecular formula is C11H13N3O2. The molecule has 0 saturated heterocycles. The van der Waals surface area contributed by atoms with E-state index in [0.29, 0.717) is 23.6 Å². The largest absolute Gasteiger partial charge is 0.461 e. The fourth-order valence-corrected chi connectivity index (χ4v) is 1.49. The average molecular weight is 219 g/mol. The maximum Gasteiger partial charge on any atom is 0.356 e. The van der Waals surface area contributed by atoms with Gasteiger partial charge in [0.25, 0.3) is 0 Å². The number of nitrogens with zero attached hydrogens (tertiary/aromatic N) is 2. The molecule has 0 bridgehead atoms. The summed E-state index contributed by atoms with van der Waals surface area (Å²) < 4.78 is 6.56. The van der Waals surface area contributed by atoms with Crippen LogP contribution in [0.25, 0.3) is 5.65 Å². The number of aromatic nitrogens is 2. The van der Waals surface area contributed by atoms with Crippen LogP contribution in [0, 0.1) is 6.92 Å². The summed E-state index contributed by atoms with van der Waals surface area (Å²) in [7, 11) is 0. The fraction of sp³-hybridized carbons (Fsp3) is 0.273. The van der Waals surface area contributed by atoms with E-state index >= 15 is 0 Å². The second kappa shape index (κ2) is 3.84. The third-order valence-corrected chi connectivity index (χ3v) is 2.38. The zero-order valence-corrected chi connectivity index (χ0v) is 9.23. The number of pyridine rings is 1. The predicted molar refractivity (Wildman–Crippen MR) is 60.3 cm³/mol. The lowest BCUT2D eigenvalue weighted by Gasteiger charge is -2.04. The molecule has 0 aliphatic rings. The van der Waals surface area contributed by atoms with Crippen LogP contribution in [-0.2, 0) is 4.74 Å². The van der Waals surface area contributed by atoms with Gasteiger partial charge >= 0.3 is 5.97 Å². The van der Waals surface area contributed by atoms with Crippen molar-refractivity contribution in [1.29, 1.82) is 0 Å². The number of hydrogen-bond acceptors (Lipinski definition) is 4. The highest BCUT2D eigenvalue weighted by atomic mass is 16.5. The number of nitrogens with two attached hydrogens (primary N) is 1. The Hall–Kier alpha value is -2.04. The minimum absolute atomic E-state index is 0.341. The van der Waals surface area contributed by atoms with Gasteiger partial charge in [0.15, 0.2) is 5.69 Å². The minimum Gasteiger partial charge on any atom is -0.461 e. The molecule has 0 unspecified atom stereocenters. The van der Waals surface area contributed by atoms with Crippen LogP contribution in [0.5, 0.6) is 0 Å². The van der Waals surface area contributed by atoms with Gasteiger partial charge in [-0.1, -0.05) is 0 Å². The van der Waals surface area contributed by atoms with E-state index in [1.54, 1.807) is 17.5 Å². The number of carbonyl (C=O) groups is 1. The van der Waals surface area contributed by atoms with E-state index in [4.69, 9.17) is 10.5 Å². The smallest absolute Gasteiger partial charge is 0.356 e. The van der Waals surface area contributed by atoms with Crippen molar-refractivity contribution in [1.82, 2.24) is 9.38 Å². The zero-order chi connectivity index (χ0) is 11.7. The summed E-state index contributed by atoms with van der Waals surface area (Å²) in [6, 6.07) is 1.83. The molecule has 2 aromatic heterocycles. The molecule has 0 saturated carbocycles. The number of nitrogen functional groups attached to an aromatic ring is 1. The van der Waals surface area contributed by atoms with Crippen LogP contribution >= 0.6 is 0 Å². The van der Waals surface area contributed by atoms with Crippen molar-refractivity contribution in [2.75, 3.05) is 12.3 Å². The third kappa shape index (κ3) is 1.60. The van der Waals surface area contributed by atoms with Crippen molar-refractivity contribution in [2.45, 2.75) is 13.8 Å². The number of hydrogen-bond donors (Lipinski definition) is 1. The van der Waals surface area contributed by atoms with E-state index in [-0.39, 0.29) is 0 Å². The van der Waals surface area contributed by atoms with Crippen molar-refractivity contribution >= 4 is 17.3 Å². The molecule has 5 nitrogen and oxygen atoms in total. The predicted octanol–water partition coefficient (Wildman–Crippen LogP) is 1.40. The molecule has 16 heavy (non-hydrogen) atoms. The van der Waals surface area contributed by atoms with Gasteiger partial charge in [0.05, 0.1) is 18.5 Å². The number of aryl methyl sites for hydroxylation is 1. The molecule has 0 amide bonds. The van der Waals surface area contributed by atoms with Gasteiger partial charge in [0.1, 0.15) is 5.65 Å². The Kier molecular flexibility index (Phi) is 2.52. The van der Waals surface area contributed by atoms with Gasteiger partial charge in [-0.25, -0.2) is 9.78 Å². The molecule has 2 heterocycles. The first kappa shape index (κ1) is 10.5. The number of carbonyl (C=O) groups excluding carboxylic acids is 1. The Morgan fingerprint density at radius 3 is 3.06 bits per heavy atom. The zero-order valence-electron chi connectivity index (χ0n) is 9.23. The van der Waals surface area contributed by atoms with Gasteiger partial charge in [-0.2, -0.15) is 0 Å². The molecule has 2 rings (SSSR count). The summed E-state index contributed by atoms with van der Waals surface area (Å²) >= 11 is 0. The van der Waals surface area contributed by atoms with Crippen LogP contribution in [-0.4, -0.2) is 22.0 Å². The lowest BCUT2D eigenvalue weighted by Crippen LogP contribution is -2.08. The van der Waals surface area contributed by atoms with E-state index in [1.807, 2.05) is 13.0 Å². The normalized spacial score (nSPS) is 10.6. The highest BCUT2D eigenvalue weighted by Gasteiger charge is 2.13. The van der Waals surface area contributed by atoms with E-state index in [2.05, 4.69) is 4.98 Å². The summed E-state index contributed by atoms with van der Waals surface area (Å²) in [4.78, 5) is 15.7. The number of esters is 1. The van der Waals surface area contributed by atoms with Crippen LogP contribution in [0.3, 0.4) is 0 Å². The van der Waals surface area contributed by atoms with Crippen LogP contribution < -0.4 is 5.73 Å². The molecule has 2 aromatic rings. The van der Waals surface area contributed by atoms with Gasteiger partial charge in [-0.3, -0.25) is 4.40 Å². The maximum absolute atomic E-state index is 11.6. The molecule has 0 aromatic carbocycles. The van der Waals surface area contributed by atoms with Crippen LogP contribution in [0.15, 0.2) is 18.5 Å². The Morgan fingerprint density at radius 1 is 1.62 bits per heavy atom. The van der Waals surface area contributed by atoms with E-state index in [0.717, 1.165) is 5.56 Å². The van der Waals surface area contributed by atoms with Gasteiger partial charge in [-0.05, 0) is 25.5 Å². The first-order chi connectivity index (χ1) is 7.63. The van der Waals surface area contributed by atoms with Gasteiger partial charge in [0.2, 0.25) is 0 Å². The minimum atomic E-state index is -0.391. The van der Waals surface area contributed by atoms with Crippen molar-refractivity contribution in [3.63, 3.8) is 0 Å². The Balaban J connectivity index is 2.56. The van der Waals surface area contributed by atoms with E-state index in [9.17, 15) is 4.79 Å². The highest BCUT2D eigenvalue weighted by molar-refractivity contribution is 5.88. The molecule has 0 fully saturated rings. The van der Waals surface area contributed by atoms with Crippen LogP contribution in [0.4, 0.5) is 5.69 Å². The number of imidazole rings is 1. The van der Waals surface area contributed by atoms with Gasteiger partial charge < -0.3 is 10.5 Å². The van der Waals surface area contributed by atoms with Gasteiger partial charge in [0, 0.05) is 6.20 Å². The molecular weight excluding hydrogens is 206 g/mol. The SMILES string of the molecule is CCOC(=O)c1cnc2cc(C)c(N)cn12. The third-order valence-electron chi connectivity index (χ3n) is 2.38. The van der Waals surface area contributed by atoms with Crippen molar-refractivity contribution in [2.24, 2.45) is 0 Å². The monoisotopic (exact) mass is 219 g/mol. The summed E-state index contributed by atoms with van der Waals surface area (Å²) in [5.41, 5.74) is 8.43. The average Bonchev–Trinajstić information content (AvgIpc) is 2.62.